The SMILES string of the molecule is O=C1C(=O)N(c2ccccc2)C(c2ccc(F)cc2)/C1=C(/O)c1cccc([N+](=O)[O-])c1. The van der Waals surface area contributed by atoms with Crippen LogP contribution in [0.3, 0.4) is 0 Å². The standard InChI is InChI=1S/C23H15FN2O5/c24-16-11-9-14(10-12-16)20-19(21(27)15-5-4-8-18(13-15)26(30)31)22(28)23(29)25(20)17-6-2-1-3-7-17/h1-13,20,27H/b21-19-. The number of rotatable bonds is 4. The number of hydrogen-bond donors (Lipinski definition) is 1. The molecule has 0 aromatic heterocycles. The zero-order chi connectivity index (χ0) is 22.1. The fourth-order valence-corrected chi connectivity index (χ4v) is 3.57. The van der Waals surface area contributed by atoms with Gasteiger partial charge in [0, 0.05) is 23.4 Å². The molecule has 1 atom stereocenters. The van der Waals surface area contributed by atoms with Crippen LogP contribution in [0.15, 0.2) is 84.4 Å². The summed E-state index contributed by atoms with van der Waals surface area (Å²) in [5.41, 5.74) is 0.321. The van der Waals surface area contributed by atoms with Crippen LogP contribution >= 0.6 is 0 Å². The lowest BCUT2D eigenvalue weighted by atomic mass is 9.95. The average molecular weight is 418 g/mol. The first-order valence-corrected chi connectivity index (χ1v) is 9.25. The Balaban J connectivity index is 1.94. The van der Waals surface area contributed by atoms with Crippen molar-refractivity contribution in [1.29, 1.82) is 0 Å². The lowest BCUT2D eigenvalue weighted by Gasteiger charge is -2.25. The van der Waals surface area contributed by atoms with Gasteiger partial charge in [-0.1, -0.05) is 42.5 Å². The van der Waals surface area contributed by atoms with E-state index >= 15 is 0 Å². The molecule has 1 unspecified atom stereocenters. The molecular weight excluding hydrogens is 403 g/mol. The van der Waals surface area contributed by atoms with E-state index in [9.17, 15) is 29.2 Å². The van der Waals surface area contributed by atoms with Gasteiger partial charge in [-0.15, -0.1) is 0 Å². The van der Waals surface area contributed by atoms with Gasteiger partial charge < -0.3 is 5.11 Å². The summed E-state index contributed by atoms with van der Waals surface area (Å²) >= 11 is 0. The number of carbonyl (C=O) groups is 2. The quantitative estimate of drug-likeness (QED) is 0.223. The van der Waals surface area contributed by atoms with Crippen LogP contribution in [0.5, 0.6) is 0 Å². The van der Waals surface area contributed by atoms with Crippen LogP contribution in [0, 0.1) is 15.9 Å². The highest BCUT2D eigenvalue weighted by atomic mass is 19.1. The van der Waals surface area contributed by atoms with Gasteiger partial charge in [-0.3, -0.25) is 24.6 Å². The van der Waals surface area contributed by atoms with Crippen molar-refractivity contribution >= 4 is 28.8 Å². The Morgan fingerprint density at radius 2 is 1.65 bits per heavy atom. The predicted octanol–water partition coefficient (Wildman–Crippen LogP) is 4.36. The summed E-state index contributed by atoms with van der Waals surface area (Å²) in [4.78, 5) is 37.6. The summed E-state index contributed by atoms with van der Waals surface area (Å²) in [5, 5.41) is 22.1. The van der Waals surface area contributed by atoms with Crippen molar-refractivity contribution in [2.45, 2.75) is 6.04 Å². The van der Waals surface area contributed by atoms with Crippen LogP contribution in [0.25, 0.3) is 5.76 Å². The topological polar surface area (TPSA) is 101 Å². The molecule has 154 valence electrons. The van der Waals surface area contributed by atoms with Crippen LogP contribution in [-0.2, 0) is 9.59 Å². The summed E-state index contributed by atoms with van der Waals surface area (Å²) in [6.45, 7) is 0. The van der Waals surface area contributed by atoms with Crippen LogP contribution in [-0.4, -0.2) is 21.7 Å². The molecule has 31 heavy (non-hydrogen) atoms. The third-order valence-electron chi connectivity index (χ3n) is 4.99. The number of non-ortho nitro benzene ring substituents is 1. The number of nitro groups is 1. The van der Waals surface area contributed by atoms with Crippen LogP contribution in [0.2, 0.25) is 0 Å². The first kappa shape index (κ1) is 20.0. The highest BCUT2D eigenvalue weighted by Gasteiger charge is 2.47. The number of halogens is 1. The molecule has 1 fully saturated rings. The third kappa shape index (κ3) is 3.55. The van der Waals surface area contributed by atoms with E-state index in [1.165, 1.54) is 47.4 Å². The Hall–Kier alpha value is -4.33. The predicted molar refractivity (Wildman–Crippen MR) is 111 cm³/mol. The summed E-state index contributed by atoms with van der Waals surface area (Å²) in [7, 11) is 0. The zero-order valence-corrected chi connectivity index (χ0v) is 15.9. The molecule has 0 spiro atoms. The van der Waals surface area contributed by atoms with Crippen molar-refractivity contribution < 1.29 is 24.0 Å². The number of nitro benzene ring substituents is 1. The molecular formula is C23H15FN2O5. The van der Waals surface area contributed by atoms with E-state index in [0.29, 0.717) is 11.3 Å². The van der Waals surface area contributed by atoms with Crippen LogP contribution < -0.4 is 4.90 Å². The Labute approximate surface area is 175 Å². The van der Waals surface area contributed by atoms with Crippen LogP contribution in [0.4, 0.5) is 15.8 Å². The summed E-state index contributed by atoms with van der Waals surface area (Å²) < 4.78 is 13.5. The van der Waals surface area contributed by atoms with Gasteiger partial charge in [-0.05, 0) is 29.8 Å². The van der Waals surface area contributed by atoms with Gasteiger partial charge in [0.25, 0.3) is 17.4 Å². The summed E-state index contributed by atoms with van der Waals surface area (Å²) in [6.07, 6.45) is 0. The van der Waals surface area contributed by atoms with E-state index in [0.717, 1.165) is 6.07 Å². The first-order chi connectivity index (χ1) is 14.9. The lowest BCUT2D eigenvalue weighted by Crippen LogP contribution is -2.29. The minimum absolute atomic E-state index is 0.0207. The summed E-state index contributed by atoms with van der Waals surface area (Å²) in [5.74, 6) is -2.86. The molecule has 1 amide bonds. The van der Waals surface area contributed by atoms with Gasteiger partial charge in [0.15, 0.2) is 0 Å². The van der Waals surface area contributed by atoms with Crippen molar-refractivity contribution in [2.24, 2.45) is 0 Å². The Kier molecular flexibility index (Phi) is 5.04. The number of amides is 1. The monoisotopic (exact) mass is 418 g/mol. The molecule has 1 heterocycles. The minimum atomic E-state index is -1.04. The zero-order valence-electron chi connectivity index (χ0n) is 15.9. The number of aliphatic hydroxyl groups is 1. The molecule has 3 aromatic carbocycles. The van der Waals surface area contributed by atoms with Crippen molar-refractivity contribution in [3.63, 3.8) is 0 Å². The second kappa shape index (κ2) is 7.83. The average Bonchev–Trinajstić information content (AvgIpc) is 3.05. The fraction of sp³-hybridized carbons (Fsp3) is 0.0435. The van der Waals surface area contributed by atoms with E-state index in [2.05, 4.69) is 0 Å². The van der Waals surface area contributed by atoms with Crippen LogP contribution in [0.1, 0.15) is 17.2 Å². The number of hydrogen-bond acceptors (Lipinski definition) is 5. The van der Waals surface area contributed by atoms with Gasteiger partial charge in [-0.2, -0.15) is 0 Å². The number of aliphatic hydroxyl groups excluding tert-OH is 1. The third-order valence-corrected chi connectivity index (χ3v) is 4.99. The molecule has 0 radical (unpaired) electrons. The van der Waals surface area contributed by atoms with Crippen molar-refractivity contribution in [3.8, 4) is 0 Å². The highest BCUT2D eigenvalue weighted by molar-refractivity contribution is 6.51. The number of anilines is 1. The maximum absolute atomic E-state index is 13.5. The fourth-order valence-electron chi connectivity index (χ4n) is 3.57. The van der Waals surface area contributed by atoms with E-state index in [1.54, 1.807) is 30.3 Å². The Morgan fingerprint density at radius 3 is 2.29 bits per heavy atom. The van der Waals surface area contributed by atoms with Gasteiger partial charge in [0.1, 0.15) is 11.6 Å². The van der Waals surface area contributed by atoms with Crippen molar-refractivity contribution in [1.82, 2.24) is 0 Å². The number of nitrogens with zero attached hydrogens (tertiary/aromatic N) is 2. The normalized spacial score (nSPS) is 17.7. The number of Topliss-reactive ketones (excluding diaryl/α,β-unsaturated/α-hetero) is 1. The molecule has 0 aliphatic carbocycles. The van der Waals surface area contributed by atoms with Crippen molar-refractivity contribution in [3.05, 3.63) is 111 Å². The van der Waals surface area contributed by atoms with E-state index in [1.807, 2.05) is 0 Å². The first-order valence-electron chi connectivity index (χ1n) is 9.25. The van der Waals surface area contributed by atoms with Gasteiger partial charge in [-0.25, -0.2) is 4.39 Å². The molecule has 7 nitrogen and oxygen atoms in total. The minimum Gasteiger partial charge on any atom is -0.507 e. The van der Waals surface area contributed by atoms with Gasteiger partial charge in [0.05, 0.1) is 16.5 Å². The van der Waals surface area contributed by atoms with Gasteiger partial charge in [0.2, 0.25) is 0 Å². The molecule has 1 aliphatic heterocycles. The largest absolute Gasteiger partial charge is 0.507 e. The van der Waals surface area contributed by atoms with E-state index in [4.69, 9.17) is 0 Å². The molecule has 8 heteroatoms. The molecule has 3 aromatic rings. The molecule has 1 aliphatic rings. The molecule has 0 bridgehead atoms. The number of benzene rings is 3. The second-order valence-electron chi connectivity index (χ2n) is 6.86. The van der Waals surface area contributed by atoms with E-state index in [-0.39, 0.29) is 16.8 Å². The number of para-hydroxylation sites is 1. The van der Waals surface area contributed by atoms with E-state index < -0.39 is 34.2 Å². The molecule has 1 N–H and O–H groups in total. The summed E-state index contributed by atoms with van der Waals surface area (Å²) in [6, 6.07) is 17.7. The van der Waals surface area contributed by atoms with Gasteiger partial charge >= 0.3 is 0 Å². The molecule has 0 saturated carbocycles. The van der Waals surface area contributed by atoms with Crippen molar-refractivity contribution in [2.75, 3.05) is 4.90 Å². The number of carbonyl (C=O) groups excluding carboxylic acids is 2. The smallest absolute Gasteiger partial charge is 0.300 e. The lowest BCUT2D eigenvalue weighted by molar-refractivity contribution is -0.384. The maximum Gasteiger partial charge on any atom is 0.300 e. The Morgan fingerprint density at radius 1 is 0.968 bits per heavy atom. The second-order valence-corrected chi connectivity index (χ2v) is 6.86. The Bertz CT molecular complexity index is 1220. The maximum atomic E-state index is 13.5. The molecule has 4 rings (SSSR count). The number of ketones is 1. The highest BCUT2D eigenvalue weighted by Crippen LogP contribution is 2.42. The molecule has 1 saturated heterocycles.